The standard InChI is InChI=1S/C11H17N3O3S/c1-8(15)13-6-7-14-9-4-3-5-10(11(9)12)18(2,16)17/h3-5,14H,6-7,12H2,1-2H3,(H,13,15). The zero-order chi connectivity index (χ0) is 13.8. The molecule has 1 rings (SSSR count). The van der Waals surface area contributed by atoms with E-state index in [2.05, 4.69) is 10.6 Å². The average Bonchev–Trinajstić information content (AvgIpc) is 2.24. The summed E-state index contributed by atoms with van der Waals surface area (Å²) >= 11 is 0. The summed E-state index contributed by atoms with van der Waals surface area (Å²) in [6, 6.07) is 4.77. The van der Waals surface area contributed by atoms with Crippen molar-refractivity contribution in [2.24, 2.45) is 0 Å². The second-order valence-electron chi connectivity index (χ2n) is 3.90. The first-order chi connectivity index (χ1) is 8.32. The fourth-order valence-electron chi connectivity index (χ4n) is 1.46. The highest BCUT2D eigenvalue weighted by Gasteiger charge is 2.13. The van der Waals surface area contributed by atoms with Crippen LogP contribution >= 0.6 is 0 Å². The minimum Gasteiger partial charge on any atom is -0.396 e. The number of carbonyl (C=O) groups is 1. The van der Waals surface area contributed by atoms with Crippen molar-refractivity contribution < 1.29 is 13.2 Å². The van der Waals surface area contributed by atoms with Crippen molar-refractivity contribution in [3.05, 3.63) is 18.2 Å². The van der Waals surface area contributed by atoms with Gasteiger partial charge in [-0.1, -0.05) is 6.07 Å². The molecule has 0 atom stereocenters. The van der Waals surface area contributed by atoms with Gasteiger partial charge < -0.3 is 16.4 Å². The van der Waals surface area contributed by atoms with Gasteiger partial charge in [0.15, 0.2) is 9.84 Å². The van der Waals surface area contributed by atoms with Crippen molar-refractivity contribution in [1.82, 2.24) is 5.32 Å². The van der Waals surface area contributed by atoms with Gasteiger partial charge in [0.25, 0.3) is 0 Å². The normalized spacial score (nSPS) is 11.0. The molecule has 0 bridgehead atoms. The number of sulfone groups is 1. The Bertz CT molecular complexity index is 540. The number of benzene rings is 1. The number of anilines is 2. The molecule has 1 aromatic carbocycles. The topological polar surface area (TPSA) is 101 Å². The summed E-state index contributed by atoms with van der Waals surface area (Å²) in [4.78, 5) is 10.8. The Morgan fingerprint density at radius 2 is 2.00 bits per heavy atom. The third-order valence-corrected chi connectivity index (χ3v) is 3.43. The van der Waals surface area contributed by atoms with Crippen LogP contribution in [0.4, 0.5) is 11.4 Å². The van der Waals surface area contributed by atoms with Crippen LogP contribution in [0.1, 0.15) is 6.92 Å². The Morgan fingerprint density at radius 3 is 2.56 bits per heavy atom. The van der Waals surface area contributed by atoms with Crippen LogP contribution in [0.3, 0.4) is 0 Å². The molecule has 1 amide bonds. The molecule has 100 valence electrons. The maximum Gasteiger partial charge on any atom is 0.216 e. The molecule has 0 fully saturated rings. The molecule has 0 saturated carbocycles. The fraction of sp³-hybridized carbons (Fsp3) is 0.364. The van der Waals surface area contributed by atoms with Gasteiger partial charge in [0.2, 0.25) is 5.91 Å². The predicted molar refractivity (Wildman–Crippen MR) is 71.1 cm³/mol. The first kappa shape index (κ1) is 14.3. The van der Waals surface area contributed by atoms with Gasteiger partial charge >= 0.3 is 0 Å². The van der Waals surface area contributed by atoms with Crippen LogP contribution in [0.5, 0.6) is 0 Å². The molecule has 4 N–H and O–H groups in total. The van der Waals surface area contributed by atoms with Crippen LogP contribution in [0.15, 0.2) is 23.1 Å². The molecule has 0 aliphatic carbocycles. The number of nitrogen functional groups attached to an aromatic ring is 1. The Balaban J connectivity index is 2.76. The smallest absolute Gasteiger partial charge is 0.216 e. The van der Waals surface area contributed by atoms with Gasteiger partial charge in [-0.05, 0) is 12.1 Å². The quantitative estimate of drug-likeness (QED) is 0.525. The molecule has 0 aromatic heterocycles. The number of rotatable bonds is 5. The molecule has 1 aromatic rings. The van der Waals surface area contributed by atoms with Gasteiger partial charge in [0.05, 0.1) is 16.3 Å². The molecule has 0 radical (unpaired) electrons. The summed E-state index contributed by atoms with van der Waals surface area (Å²) in [6.45, 7) is 2.34. The third-order valence-electron chi connectivity index (χ3n) is 2.28. The van der Waals surface area contributed by atoms with Crippen LogP contribution in [-0.2, 0) is 14.6 Å². The Hall–Kier alpha value is -1.76. The maximum atomic E-state index is 11.5. The van der Waals surface area contributed by atoms with E-state index < -0.39 is 9.84 Å². The second-order valence-corrected chi connectivity index (χ2v) is 5.88. The van der Waals surface area contributed by atoms with Crippen molar-refractivity contribution in [2.75, 3.05) is 30.4 Å². The van der Waals surface area contributed by atoms with Gasteiger partial charge in [-0.15, -0.1) is 0 Å². The summed E-state index contributed by atoms with van der Waals surface area (Å²) in [6.07, 6.45) is 1.11. The summed E-state index contributed by atoms with van der Waals surface area (Å²) in [7, 11) is -3.33. The third kappa shape index (κ3) is 3.92. The highest BCUT2D eigenvalue weighted by atomic mass is 32.2. The van der Waals surface area contributed by atoms with Crippen LogP contribution in [0.2, 0.25) is 0 Å². The number of carbonyl (C=O) groups excluding carboxylic acids is 1. The van der Waals surface area contributed by atoms with Crippen LogP contribution in [0.25, 0.3) is 0 Å². The first-order valence-corrected chi connectivity index (χ1v) is 7.28. The van der Waals surface area contributed by atoms with E-state index in [9.17, 15) is 13.2 Å². The minimum absolute atomic E-state index is 0.104. The molecule has 0 aliphatic rings. The molecule has 0 aliphatic heterocycles. The molecule has 7 heteroatoms. The number of hydrogen-bond acceptors (Lipinski definition) is 5. The summed E-state index contributed by atoms with van der Waals surface area (Å²) < 4.78 is 22.9. The molecule has 0 spiro atoms. The lowest BCUT2D eigenvalue weighted by molar-refractivity contribution is -0.118. The van der Waals surface area contributed by atoms with Crippen LogP contribution < -0.4 is 16.4 Å². The number of nitrogens with two attached hydrogens (primary N) is 1. The fourth-order valence-corrected chi connectivity index (χ4v) is 2.29. The highest BCUT2D eigenvalue weighted by Crippen LogP contribution is 2.26. The lowest BCUT2D eigenvalue weighted by Gasteiger charge is -2.12. The van der Waals surface area contributed by atoms with Crippen LogP contribution in [0, 0.1) is 0 Å². The second kappa shape index (κ2) is 5.72. The molecular formula is C11H17N3O3S. The Labute approximate surface area is 106 Å². The monoisotopic (exact) mass is 271 g/mol. The molecular weight excluding hydrogens is 254 g/mol. The summed E-state index contributed by atoms with van der Waals surface area (Å²) in [5.74, 6) is -0.116. The zero-order valence-electron chi connectivity index (χ0n) is 10.4. The van der Waals surface area contributed by atoms with E-state index in [1.807, 2.05) is 0 Å². The maximum absolute atomic E-state index is 11.5. The minimum atomic E-state index is -3.33. The van der Waals surface area contributed by atoms with Crippen molar-refractivity contribution in [2.45, 2.75) is 11.8 Å². The van der Waals surface area contributed by atoms with Gasteiger partial charge in [0, 0.05) is 26.3 Å². The van der Waals surface area contributed by atoms with Crippen molar-refractivity contribution >= 4 is 27.1 Å². The highest BCUT2D eigenvalue weighted by molar-refractivity contribution is 7.90. The lowest BCUT2D eigenvalue weighted by atomic mass is 10.2. The predicted octanol–water partition coefficient (Wildman–Crippen LogP) is 0.220. The molecule has 6 nitrogen and oxygen atoms in total. The summed E-state index contributed by atoms with van der Waals surface area (Å²) in [5, 5.41) is 5.60. The number of nitrogens with one attached hydrogen (secondary N) is 2. The Morgan fingerprint density at radius 1 is 1.33 bits per heavy atom. The number of hydrogen-bond donors (Lipinski definition) is 3. The Kier molecular flexibility index (Phi) is 4.55. The van der Waals surface area contributed by atoms with E-state index in [0.717, 1.165) is 6.26 Å². The first-order valence-electron chi connectivity index (χ1n) is 5.39. The van der Waals surface area contributed by atoms with Gasteiger partial charge in [0.1, 0.15) is 0 Å². The van der Waals surface area contributed by atoms with E-state index in [-0.39, 0.29) is 16.5 Å². The molecule has 0 unspecified atom stereocenters. The molecule has 0 saturated heterocycles. The van der Waals surface area contributed by atoms with Gasteiger partial charge in [-0.25, -0.2) is 8.42 Å². The van der Waals surface area contributed by atoms with Gasteiger partial charge in [-0.2, -0.15) is 0 Å². The SMILES string of the molecule is CC(=O)NCCNc1cccc(S(C)(=O)=O)c1N. The van der Waals surface area contributed by atoms with Crippen molar-refractivity contribution in [1.29, 1.82) is 0 Å². The van der Waals surface area contributed by atoms with E-state index in [1.165, 1.54) is 13.0 Å². The molecule has 0 heterocycles. The van der Waals surface area contributed by atoms with E-state index in [0.29, 0.717) is 18.8 Å². The lowest BCUT2D eigenvalue weighted by Crippen LogP contribution is -2.26. The van der Waals surface area contributed by atoms with Crippen molar-refractivity contribution in [3.8, 4) is 0 Å². The van der Waals surface area contributed by atoms with Crippen LogP contribution in [-0.4, -0.2) is 33.7 Å². The largest absolute Gasteiger partial charge is 0.396 e. The van der Waals surface area contributed by atoms with E-state index >= 15 is 0 Å². The molecule has 18 heavy (non-hydrogen) atoms. The zero-order valence-corrected chi connectivity index (χ0v) is 11.2. The van der Waals surface area contributed by atoms with E-state index in [1.54, 1.807) is 12.1 Å². The number of amides is 1. The van der Waals surface area contributed by atoms with Crippen molar-refractivity contribution in [3.63, 3.8) is 0 Å². The average molecular weight is 271 g/mol. The van der Waals surface area contributed by atoms with Gasteiger partial charge in [-0.3, -0.25) is 4.79 Å². The number of para-hydroxylation sites is 1. The van der Waals surface area contributed by atoms with E-state index in [4.69, 9.17) is 5.73 Å². The summed E-state index contributed by atoms with van der Waals surface area (Å²) in [5.41, 5.74) is 6.52.